The fraction of sp³-hybridized carbons (Fsp3) is 0.0833. The third kappa shape index (κ3) is 4.04. The summed E-state index contributed by atoms with van der Waals surface area (Å²) in [6.07, 6.45) is 1.48. The van der Waals surface area contributed by atoms with Gasteiger partial charge in [0.05, 0.1) is 11.9 Å². The molecule has 2 heterocycles. The van der Waals surface area contributed by atoms with E-state index in [9.17, 15) is 4.79 Å². The molecular formula is C24H21N3O2. The van der Waals surface area contributed by atoms with Crippen LogP contribution in [0.25, 0.3) is 16.9 Å². The van der Waals surface area contributed by atoms with Crippen molar-refractivity contribution in [3.63, 3.8) is 0 Å². The number of amides is 1. The molecule has 4 aromatic rings. The van der Waals surface area contributed by atoms with Crippen LogP contribution in [0.15, 0.2) is 88.4 Å². The lowest BCUT2D eigenvalue weighted by atomic mass is 10.1. The number of rotatable bonds is 5. The van der Waals surface area contributed by atoms with Gasteiger partial charge in [-0.25, -0.2) is 5.43 Å². The highest BCUT2D eigenvalue weighted by atomic mass is 16.3. The monoisotopic (exact) mass is 383 g/mol. The van der Waals surface area contributed by atoms with Crippen LogP contribution in [0.3, 0.4) is 0 Å². The number of hydrogen-bond acceptors (Lipinski definition) is 3. The first-order valence-electron chi connectivity index (χ1n) is 9.36. The fourth-order valence-corrected chi connectivity index (χ4v) is 3.22. The molecule has 5 heteroatoms. The number of hydrazone groups is 1. The van der Waals surface area contributed by atoms with Gasteiger partial charge in [-0.1, -0.05) is 30.3 Å². The van der Waals surface area contributed by atoms with Crippen LogP contribution in [-0.2, 0) is 0 Å². The maximum Gasteiger partial charge on any atom is 0.271 e. The summed E-state index contributed by atoms with van der Waals surface area (Å²) in [6.45, 7) is 3.92. The molecule has 1 N–H and O–H groups in total. The number of hydrogen-bond donors (Lipinski definition) is 1. The average Bonchev–Trinajstić information content (AvgIpc) is 3.34. The minimum absolute atomic E-state index is 0.274. The van der Waals surface area contributed by atoms with Crippen LogP contribution >= 0.6 is 0 Å². The Hall–Kier alpha value is -3.86. The van der Waals surface area contributed by atoms with E-state index in [4.69, 9.17) is 4.42 Å². The van der Waals surface area contributed by atoms with Crippen molar-refractivity contribution < 1.29 is 9.21 Å². The lowest BCUT2D eigenvalue weighted by Crippen LogP contribution is -2.17. The second-order valence-corrected chi connectivity index (χ2v) is 6.76. The highest BCUT2D eigenvalue weighted by Crippen LogP contribution is 2.26. The zero-order valence-corrected chi connectivity index (χ0v) is 16.3. The Labute approximate surface area is 169 Å². The SMILES string of the molecule is Cc1ccc(/C=N/NC(=O)c2ccc(-n3c(C)ccc3-c3ccccc3)cc2)o1. The number of carbonyl (C=O) groups is 1. The normalized spacial score (nSPS) is 11.1. The molecule has 0 unspecified atom stereocenters. The number of nitrogens with zero attached hydrogens (tertiary/aromatic N) is 2. The van der Waals surface area contributed by atoms with Crippen LogP contribution in [0.1, 0.15) is 27.6 Å². The third-order valence-electron chi connectivity index (χ3n) is 4.65. The fourth-order valence-electron chi connectivity index (χ4n) is 3.22. The molecule has 2 aromatic heterocycles. The van der Waals surface area contributed by atoms with Gasteiger partial charge in [0.25, 0.3) is 5.91 Å². The van der Waals surface area contributed by atoms with Gasteiger partial charge in [0, 0.05) is 16.9 Å². The minimum Gasteiger partial charge on any atom is -0.460 e. The van der Waals surface area contributed by atoms with Crippen LogP contribution in [0.5, 0.6) is 0 Å². The smallest absolute Gasteiger partial charge is 0.271 e. The Balaban J connectivity index is 1.52. The molecule has 1 amide bonds. The molecule has 0 saturated carbocycles. The standard InChI is InChI=1S/C24H21N3O2/c1-17-8-15-23(19-6-4-3-5-7-19)27(17)21-12-10-20(11-13-21)24(28)26-25-16-22-14-9-18(2)29-22/h3-16H,1-2H3,(H,26,28)/b25-16+. The number of furan rings is 1. The lowest BCUT2D eigenvalue weighted by Gasteiger charge is -2.12. The molecule has 0 bridgehead atoms. The first-order valence-corrected chi connectivity index (χ1v) is 9.36. The van der Waals surface area contributed by atoms with Gasteiger partial charge in [-0.15, -0.1) is 0 Å². The van der Waals surface area contributed by atoms with Gasteiger partial charge in [0.1, 0.15) is 11.5 Å². The molecule has 0 aliphatic heterocycles. The van der Waals surface area contributed by atoms with Crippen LogP contribution in [-0.4, -0.2) is 16.7 Å². The summed E-state index contributed by atoms with van der Waals surface area (Å²) < 4.78 is 7.56. The van der Waals surface area contributed by atoms with Gasteiger partial charge in [-0.3, -0.25) is 4.79 Å². The maximum absolute atomic E-state index is 12.3. The van der Waals surface area contributed by atoms with E-state index in [1.54, 1.807) is 18.2 Å². The highest BCUT2D eigenvalue weighted by Gasteiger charge is 2.10. The van der Waals surface area contributed by atoms with E-state index in [-0.39, 0.29) is 5.91 Å². The molecule has 0 saturated heterocycles. The summed E-state index contributed by atoms with van der Waals surface area (Å²) >= 11 is 0. The molecule has 4 rings (SSSR count). The molecule has 0 aliphatic carbocycles. The average molecular weight is 383 g/mol. The number of aromatic nitrogens is 1. The lowest BCUT2D eigenvalue weighted by molar-refractivity contribution is 0.0955. The Morgan fingerprint density at radius 3 is 2.38 bits per heavy atom. The Kier molecular flexibility index (Phi) is 5.12. The minimum atomic E-state index is -0.274. The van der Waals surface area contributed by atoms with E-state index in [0.717, 1.165) is 28.4 Å². The van der Waals surface area contributed by atoms with Crippen molar-refractivity contribution in [1.82, 2.24) is 9.99 Å². The van der Waals surface area contributed by atoms with E-state index in [0.29, 0.717) is 11.3 Å². The Morgan fingerprint density at radius 2 is 1.69 bits per heavy atom. The van der Waals surface area contributed by atoms with E-state index in [1.165, 1.54) is 6.21 Å². The molecule has 5 nitrogen and oxygen atoms in total. The van der Waals surface area contributed by atoms with Crippen molar-refractivity contribution in [2.45, 2.75) is 13.8 Å². The predicted molar refractivity (Wildman–Crippen MR) is 114 cm³/mol. The second kappa shape index (κ2) is 8.02. The van der Waals surface area contributed by atoms with Gasteiger partial charge in [-0.2, -0.15) is 5.10 Å². The molecule has 2 aromatic carbocycles. The van der Waals surface area contributed by atoms with Gasteiger partial charge >= 0.3 is 0 Å². The molecule has 0 fully saturated rings. The zero-order chi connectivity index (χ0) is 20.2. The molecule has 0 aliphatic rings. The predicted octanol–water partition coefficient (Wildman–Crippen LogP) is 5.12. The van der Waals surface area contributed by atoms with E-state index in [2.05, 4.69) is 46.3 Å². The summed E-state index contributed by atoms with van der Waals surface area (Å²) in [7, 11) is 0. The zero-order valence-electron chi connectivity index (χ0n) is 16.3. The molecule has 0 atom stereocenters. The van der Waals surface area contributed by atoms with Crippen molar-refractivity contribution in [3.05, 3.63) is 102 Å². The Bertz CT molecular complexity index is 1150. The van der Waals surface area contributed by atoms with Crippen LogP contribution in [0.4, 0.5) is 0 Å². The van der Waals surface area contributed by atoms with Gasteiger partial charge in [0.15, 0.2) is 0 Å². The molecule has 144 valence electrons. The van der Waals surface area contributed by atoms with Gasteiger partial charge in [-0.05, 0) is 67.9 Å². The van der Waals surface area contributed by atoms with Crippen molar-refractivity contribution in [1.29, 1.82) is 0 Å². The van der Waals surface area contributed by atoms with Gasteiger partial charge in [0.2, 0.25) is 0 Å². The topological polar surface area (TPSA) is 59.5 Å². The number of nitrogens with one attached hydrogen (secondary N) is 1. The summed E-state index contributed by atoms with van der Waals surface area (Å²) in [5.74, 6) is 1.11. The van der Waals surface area contributed by atoms with Crippen molar-refractivity contribution in [2.75, 3.05) is 0 Å². The van der Waals surface area contributed by atoms with Crippen LogP contribution in [0.2, 0.25) is 0 Å². The maximum atomic E-state index is 12.3. The Morgan fingerprint density at radius 1 is 0.931 bits per heavy atom. The molecule has 0 radical (unpaired) electrons. The second-order valence-electron chi connectivity index (χ2n) is 6.76. The number of benzene rings is 2. The van der Waals surface area contributed by atoms with E-state index in [1.807, 2.05) is 43.3 Å². The molecule has 29 heavy (non-hydrogen) atoms. The van der Waals surface area contributed by atoms with Crippen LogP contribution in [0, 0.1) is 13.8 Å². The molecule has 0 spiro atoms. The van der Waals surface area contributed by atoms with Crippen LogP contribution < -0.4 is 5.43 Å². The first-order chi connectivity index (χ1) is 14.1. The van der Waals surface area contributed by atoms with Crippen molar-refractivity contribution in [3.8, 4) is 16.9 Å². The van der Waals surface area contributed by atoms with E-state index >= 15 is 0 Å². The number of carbonyl (C=O) groups excluding carboxylic acids is 1. The number of aryl methyl sites for hydroxylation is 2. The molecular weight excluding hydrogens is 362 g/mol. The largest absolute Gasteiger partial charge is 0.460 e. The van der Waals surface area contributed by atoms with E-state index < -0.39 is 0 Å². The summed E-state index contributed by atoms with van der Waals surface area (Å²) in [5.41, 5.74) is 7.43. The summed E-state index contributed by atoms with van der Waals surface area (Å²) in [6, 6.07) is 25.5. The third-order valence-corrected chi connectivity index (χ3v) is 4.65. The summed E-state index contributed by atoms with van der Waals surface area (Å²) in [5, 5.41) is 3.95. The van der Waals surface area contributed by atoms with Crippen molar-refractivity contribution in [2.24, 2.45) is 5.10 Å². The first kappa shape index (κ1) is 18.5. The van der Waals surface area contributed by atoms with Gasteiger partial charge < -0.3 is 8.98 Å². The highest BCUT2D eigenvalue weighted by molar-refractivity contribution is 5.94. The summed E-state index contributed by atoms with van der Waals surface area (Å²) in [4.78, 5) is 12.3. The quantitative estimate of drug-likeness (QED) is 0.384. The van der Waals surface area contributed by atoms with Crippen molar-refractivity contribution >= 4 is 12.1 Å².